The Labute approximate surface area is 171 Å². The number of aryl methyl sites for hydroxylation is 1. The maximum Gasteiger partial charge on any atom is 0.222 e. The van der Waals surface area contributed by atoms with Crippen LogP contribution in [0.1, 0.15) is 40.8 Å². The minimum Gasteiger partial charge on any atom is -0.357 e. The van der Waals surface area contributed by atoms with E-state index in [1.165, 1.54) is 10.4 Å². The van der Waals surface area contributed by atoms with Crippen molar-refractivity contribution in [3.05, 3.63) is 51.5 Å². The molecule has 0 atom stereocenters. The Morgan fingerprint density at radius 3 is 2.79 bits per heavy atom. The quantitative estimate of drug-likeness (QED) is 0.529. The van der Waals surface area contributed by atoms with Crippen molar-refractivity contribution in [3.8, 4) is 0 Å². The minimum atomic E-state index is 0.255. The zero-order valence-electron chi connectivity index (χ0n) is 16.7. The molecule has 0 bridgehead atoms. The number of likely N-dealkylation sites (tertiary alicyclic amines) is 1. The molecule has 1 aliphatic rings. The van der Waals surface area contributed by atoms with Crippen molar-refractivity contribution in [2.45, 2.75) is 46.2 Å². The van der Waals surface area contributed by atoms with Crippen LogP contribution in [-0.4, -0.2) is 41.4 Å². The SMILES string of the molecule is CCNC(=NCc1ccccc1CN1CCCC1=O)NCCc1ncc(C)s1. The van der Waals surface area contributed by atoms with Crippen LogP contribution in [0.3, 0.4) is 0 Å². The van der Waals surface area contributed by atoms with Gasteiger partial charge in [0.1, 0.15) is 0 Å². The van der Waals surface area contributed by atoms with Gasteiger partial charge in [-0.1, -0.05) is 24.3 Å². The van der Waals surface area contributed by atoms with Crippen molar-refractivity contribution in [1.29, 1.82) is 0 Å². The van der Waals surface area contributed by atoms with E-state index in [2.05, 4.69) is 41.6 Å². The standard InChI is InChI=1S/C21H29N5OS/c1-3-22-21(23-11-10-19-24-13-16(2)28-19)25-14-17-7-4-5-8-18(17)15-26-12-6-9-20(26)27/h4-5,7-8,13H,3,6,9-12,14-15H2,1-2H3,(H2,22,23,25). The molecule has 0 radical (unpaired) electrons. The Morgan fingerprint density at radius 2 is 2.11 bits per heavy atom. The molecule has 2 aromatic rings. The highest BCUT2D eigenvalue weighted by Crippen LogP contribution is 2.18. The number of carbonyl (C=O) groups is 1. The molecular weight excluding hydrogens is 370 g/mol. The van der Waals surface area contributed by atoms with E-state index < -0.39 is 0 Å². The maximum atomic E-state index is 12.0. The Bertz CT molecular complexity index is 817. The van der Waals surface area contributed by atoms with Crippen molar-refractivity contribution < 1.29 is 4.79 Å². The van der Waals surface area contributed by atoms with E-state index >= 15 is 0 Å². The van der Waals surface area contributed by atoms with Gasteiger partial charge in [-0.3, -0.25) is 4.79 Å². The van der Waals surface area contributed by atoms with Crippen molar-refractivity contribution in [3.63, 3.8) is 0 Å². The summed E-state index contributed by atoms with van der Waals surface area (Å²) >= 11 is 1.74. The van der Waals surface area contributed by atoms with Gasteiger partial charge in [0, 0.05) is 50.1 Å². The largest absolute Gasteiger partial charge is 0.357 e. The maximum absolute atomic E-state index is 12.0. The molecule has 0 aliphatic carbocycles. The van der Waals surface area contributed by atoms with Crippen LogP contribution < -0.4 is 10.6 Å². The lowest BCUT2D eigenvalue weighted by molar-refractivity contribution is -0.128. The highest BCUT2D eigenvalue weighted by atomic mass is 32.1. The number of aromatic nitrogens is 1. The van der Waals surface area contributed by atoms with Gasteiger partial charge in [0.25, 0.3) is 0 Å². The van der Waals surface area contributed by atoms with Crippen LogP contribution in [0.15, 0.2) is 35.5 Å². The van der Waals surface area contributed by atoms with E-state index in [4.69, 9.17) is 4.99 Å². The third-order valence-electron chi connectivity index (χ3n) is 4.70. The van der Waals surface area contributed by atoms with Crippen LogP contribution in [0.5, 0.6) is 0 Å². The molecule has 1 saturated heterocycles. The average Bonchev–Trinajstić information content (AvgIpc) is 3.29. The van der Waals surface area contributed by atoms with Gasteiger partial charge in [0.05, 0.1) is 11.6 Å². The molecule has 28 heavy (non-hydrogen) atoms. The molecule has 1 aliphatic heterocycles. The molecule has 1 aromatic heterocycles. The second-order valence-electron chi connectivity index (χ2n) is 6.92. The molecule has 0 spiro atoms. The molecule has 0 saturated carbocycles. The van der Waals surface area contributed by atoms with Gasteiger partial charge in [-0.25, -0.2) is 9.98 Å². The summed E-state index contributed by atoms with van der Waals surface area (Å²) in [5, 5.41) is 7.83. The van der Waals surface area contributed by atoms with E-state index in [1.54, 1.807) is 11.3 Å². The van der Waals surface area contributed by atoms with Gasteiger partial charge >= 0.3 is 0 Å². The molecule has 7 heteroatoms. The fraction of sp³-hybridized carbons (Fsp3) is 0.476. The number of thiazole rings is 1. The zero-order chi connectivity index (χ0) is 19.8. The molecule has 2 N–H and O–H groups in total. The summed E-state index contributed by atoms with van der Waals surface area (Å²) in [4.78, 5) is 24.3. The highest BCUT2D eigenvalue weighted by molar-refractivity contribution is 7.11. The molecule has 2 heterocycles. The first-order valence-corrected chi connectivity index (χ1v) is 10.8. The molecule has 1 amide bonds. The van der Waals surface area contributed by atoms with Crippen molar-refractivity contribution in [2.75, 3.05) is 19.6 Å². The predicted octanol–water partition coefficient (Wildman–Crippen LogP) is 2.87. The smallest absolute Gasteiger partial charge is 0.222 e. The van der Waals surface area contributed by atoms with Gasteiger partial charge in [0.15, 0.2) is 5.96 Å². The number of hydrogen-bond donors (Lipinski definition) is 2. The van der Waals surface area contributed by atoms with Gasteiger partial charge in [0.2, 0.25) is 5.91 Å². The van der Waals surface area contributed by atoms with E-state index in [-0.39, 0.29) is 5.91 Å². The lowest BCUT2D eigenvalue weighted by Gasteiger charge is -2.18. The monoisotopic (exact) mass is 399 g/mol. The molecule has 3 rings (SSSR count). The van der Waals surface area contributed by atoms with Crippen molar-refractivity contribution in [2.24, 2.45) is 4.99 Å². The first kappa shape index (κ1) is 20.3. The lowest BCUT2D eigenvalue weighted by atomic mass is 10.1. The second kappa shape index (κ2) is 10.2. The number of guanidine groups is 1. The third kappa shape index (κ3) is 5.79. The number of hydrogen-bond acceptors (Lipinski definition) is 4. The van der Waals surface area contributed by atoms with Crippen LogP contribution in [-0.2, 0) is 24.3 Å². The first-order chi connectivity index (χ1) is 13.7. The van der Waals surface area contributed by atoms with E-state index in [1.807, 2.05) is 23.2 Å². The van der Waals surface area contributed by atoms with Crippen molar-refractivity contribution >= 4 is 23.2 Å². The number of carbonyl (C=O) groups excluding carboxylic acids is 1. The molecule has 1 aromatic carbocycles. The predicted molar refractivity (Wildman–Crippen MR) is 114 cm³/mol. The number of amides is 1. The summed E-state index contributed by atoms with van der Waals surface area (Å²) < 4.78 is 0. The molecular formula is C21H29N5OS. The lowest BCUT2D eigenvalue weighted by Crippen LogP contribution is -2.38. The van der Waals surface area contributed by atoms with Gasteiger partial charge < -0.3 is 15.5 Å². The topological polar surface area (TPSA) is 69.6 Å². The van der Waals surface area contributed by atoms with Crippen LogP contribution in [0.2, 0.25) is 0 Å². The molecule has 1 fully saturated rings. The highest BCUT2D eigenvalue weighted by Gasteiger charge is 2.20. The second-order valence-corrected chi connectivity index (χ2v) is 8.24. The number of nitrogens with one attached hydrogen (secondary N) is 2. The first-order valence-electron chi connectivity index (χ1n) is 9.93. The van der Waals surface area contributed by atoms with Gasteiger partial charge in [-0.15, -0.1) is 11.3 Å². The summed E-state index contributed by atoms with van der Waals surface area (Å²) in [5.41, 5.74) is 2.34. The molecule has 0 unspecified atom stereocenters. The Hall–Kier alpha value is -2.41. The summed E-state index contributed by atoms with van der Waals surface area (Å²) in [6, 6.07) is 8.26. The number of aliphatic imine (C=N–C) groups is 1. The number of benzene rings is 1. The Morgan fingerprint density at radius 1 is 1.29 bits per heavy atom. The normalized spacial score (nSPS) is 14.6. The number of nitrogens with zero attached hydrogens (tertiary/aromatic N) is 3. The van der Waals surface area contributed by atoms with E-state index in [9.17, 15) is 4.79 Å². The Kier molecular flexibility index (Phi) is 7.42. The van der Waals surface area contributed by atoms with Crippen molar-refractivity contribution in [1.82, 2.24) is 20.5 Å². The zero-order valence-corrected chi connectivity index (χ0v) is 17.5. The minimum absolute atomic E-state index is 0.255. The molecule has 150 valence electrons. The fourth-order valence-electron chi connectivity index (χ4n) is 3.25. The summed E-state index contributed by atoms with van der Waals surface area (Å²) in [7, 11) is 0. The van der Waals surface area contributed by atoms with Gasteiger partial charge in [-0.05, 0) is 31.4 Å². The fourth-order valence-corrected chi connectivity index (χ4v) is 4.04. The Balaban J connectivity index is 1.59. The summed E-state index contributed by atoms with van der Waals surface area (Å²) in [6.07, 6.45) is 4.44. The van der Waals surface area contributed by atoms with E-state index in [0.717, 1.165) is 49.0 Å². The van der Waals surface area contributed by atoms with Crippen LogP contribution in [0.25, 0.3) is 0 Å². The van der Waals surface area contributed by atoms with E-state index in [0.29, 0.717) is 19.5 Å². The van der Waals surface area contributed by atoms with Crippen LogP contribution in [0, 0.1) is 6.92 Å². The molecule has 6 nitrogen and oxygen atoms in total. The summed E-state index contributed by atoms with van der Waals surface area (Å²) in [6.45, 7) is 7.87. The van der Waals surface area contributed by atoms with Gasteiger partial charge in [-0.2, -0.15) is 0 Å². The summed E-state index contributed by atoms with van der Waals surface area (Å²) in [5.74, 6) is 1.06. The average molecular weight is 400 g/mol. The number of rotatable bonds is 8. The van der Waals surface area contributed by atoms with Crippen LogP contribution >= 0.6 is 11.3 Å². The third-order valence-corrected chi connectivity index (χ3v) is 5.68. The van der Waals surface area contributed by atoms with Crippen LogP contribution in [0.4, 0.5) is 0 Å².